The van der Waals surface area contributed by atoms with Crippen molar-refractivity contribution >= 4 is 0 Å². The highest BCUT2D eigenvalue weighted by Gasteiger charge is 2.23. The lowest BCUT2D eigenvalue weighted by Gasteiger charge is -2.36. The molecule has 0 aliphatic carbocycles. The summed E-state index contributed by atoms with van der Waals surface area (Å²) in [7, 11) is 0. The van der Waals surface area contributed by atoms with Gasteiger partial charge in [-0.1, -0.05) is 30.3 Å². The van der Waals surface area contributed by atoms with Crippen LogP contribution in [0.4, 0.5) is 0 Å². The largest absolute Gasteiger partial charge is 0.314 e. The molecule has 1 aliphatic rings. The molecule has 0 bridgehead atoms. The molecule has 0 saturated carbocycles. The summed E-state index contributed by atoms with van der Waals surface area (Å²) in [6.07, 6.45) is 3.73. The third-order valence-electron chi connectivity index (χ3n) is 3.74. The van der Waals surface area contributed by atoms with Gasteiger partial charge in [0.25, 0.3) is 0 Å². The minimum atomic E-state index is 0.410. The molecule has 1 aromatic carbocycles. The fraction of sp³-hybridized carbons (Fsp3) is 0.375. The van der Waals surface area contributed by atoms with Crippen LogP contribution in [-0.2, 0) is 6.54 Å². The molecule has 1 atom stereocenters. The highest BCUT2D eigenvalue weighted by molar-refractivity contribution is 5.20. The number of benzene rings is 1. The fourth-order valence-electron chi connectivity index (χ4n) is 2.65. The number of hydrogen-bond donors (Lipinski definition) is 1. The zero-order valence-electron chi connectivity index (χ0n) is 11.8. The van der Waals surface area contributed by atoms with Crippen LogP contribution in [0.1, 0.15) is 23.0 Å². The van der Waals surface area contributed by atoms with Crippen LogP contribution in [0.5, 0.6) is 0 Å². The molecule has 4 heteroatoms. The number of nitrogens with one attached hydrogen (secondary N) is 1. The molecule has 0 amide bonds. The predicted octanol–water partition coefficient (Wildman–Crippen LogP) is 1.93. The summed E-state index contributed by atoms with van der Waals surface area (Å²) in [5.74, 6) is 0. The second-order valence-corrected chi connectivity index (χ2v) is 5.25. The molecule has 1 aliphatic heterocycles. The van der Waals surface area contributed by atoms with Gasteiger partial charge in [0, 0.05) is 44.6 Å². The monoisotopic (exact) mass is 268 g/mol. The Morgan fingerprint density at radius 1 is 1.20 bits per heavy atom. The molecule has 1 saturated heterocycles. The third kappa shape index (κ3) is 3.03. The standard InChI is InChI=1S/C16H20N4/c1-13-9-19-15(10-18-13)12-20-8-7-17-11-16(20)14-5-3-2-4-6-14/h2-6,9-10,16-17H,7-8,11-12H2,1H3. The molecule has 2 heterocycles. The quantitative estimate of drug-likeness (QED) is 0.923. The van der Waals surface area contributed by atoms with Gasteiger partial charge < -0.3 is 5.32 Å². The number of aryl methyl sites for hydroxylation is 1. The molecule has 2 aromatic rings. The van der Waals surface area contributed by atoms with E-state index in [4.69, 9.17) is 0 Å². The summed E-state index contributed by atoms with van der Waals surface area (Å²) in [4.78, 5) is 11.3. The Kier molecular flexibility index (Phi) is 4.04. The van der Waals surface area contributed by atoms with Crippen LogP contribution in [0.2, 0.25) is 0 Å². The Bertz CT molecular complexity index is 538. The summed E-state index contributed by atoms with van der Waals surface area (Å²) >= 11 is 0. The number of rotatable bonds is 3. The second kappa shape index (κ2) is 6.11. The van der Waals surface area contributed by atoms with E-state index in [0.29, 0.717) is 6.04 Å². The molecule has 0 radical (unpaired) electrons. The minimum absolute atomic E-state index is 0.410. The molecule has 0 spiro atoms. The lowest BCUT2D eigenvalue weighted by Crippen LogP contribution is -2.45. The molecule has 3 rings (SSSR count). The normalized spacial score (nSPS) is 19.9. The van der Waals surface area contributed by atoms with E-state index in [2.05, 4.69) is 50.5 Å². The first kappa shape index (κ1) is 13.2. The van der Waals surface area contributed by atoms with Crippen molar-refractivity contribution in [3.8, 4) is 0 Å². The van der Waals surface area contributed by atoms with E-state index in [1.54, 1.807) is 0 Å². The van der Waals surface area contributed by atoms with Crippen molar-refractivity contribution in [3.63, 3.8) is 0 Å². The van der Waals surface area contributed by atoms with Gasteiger partial charge in [-0.15, -0.1) is 0 Å². The molecular weight excluding hydrogens is 248 g/mol. The van der Waals surface area contributed by atoms with Gasteiger partial charge in [-0.2, -0.15) is 0 Å². The lowest BCUT2D eigenvalue weighted by atomic mass is 10.0. The van der Waals surface area contributed by atoms with Crippen LogP contribution in [0.3, 0.4) is 0 Å². The fourth-order valence-corrected chi connectivity index (χ4v) is 2.65. The number of aromatic nitrogens is 2. The first-order valence-electron chi connectivity index (χ1n) is 7.10. The van der Waals surface area contributed by atoms with Crippen LogP contribution in [0.25, 0.3) is 0 Å². The van der Waals surface area contributed by atoms with Gasteiger partial charge in [-0.25, -0.2) is 0 Å². The van der Waals surface area contributed by atoms with Crippen LogP contribution >= 0.6 is 0 Å². The van der Waals surface area contributed by atoms with Gasteiger partial charge >= 0.3 is 0 Å². The molecule has 20 heavy (non-hydrogen) atoms. The first-order chi connectivity index (χ1) is 9.83. The molecule has 1 fully saturated rings. The van der Waals surface area contributed by atoms with E-state index < -0.39 is 0 Å². The molecule has 104 valence electrons. The Hall–Kier alpha value is -1.78. The Morgan fingerprint density at radius 3 is 2.80 bits per heavy atom. The molecule has 1 N–H and O–H groups in total. The molecule has 1 unspecified atom stereocenters. The maximum absolute atomic E-state index is 4.48. The van der Waals surface area contributed by atoms with Gasteiger partial charge in [-0.05, 0) is 12.5 Å². The molecular formula is C16H20N4. The van der Waals surface area contributed by atoms with Crippen molar-refractivity contribution in [1.29, 1.82) is 0 Å². The lowest BCUT2D eigenvalue weighted by molar-refractivity contribution is 0.151. The van der Waals surface area contributed by atoms with Gasteiger partial charge in [0.05, 0.1) is 11.4 Å². The van der Waals surface area contributed by atoms with Crippen molar-refractivity contribution in [2.45, 2.75) is 19.5 Å². The van der Waals surface area contributed by atoms with Crippen molar-refractivity contribution < 1.29 is 0 Å². The van der Waals surface area contributed by atoms with Gasteiger partial charge in [0.2, 0.25) is 0 Å². The zero-order valence-corrected chi connectivity index (χ0v) is 11.8. The van der Waals surface area contributed by atoms with Gasteiger partial charge in [0.15, 0.2) is 0 Å². The predicted molar refractivity (Wildman–Crippen MR) is 79.2 cm³/mol. The highest BCUT2D eigenvalue weighted by Crippen LogP contribution is 2.23. The summed E-state index contributed by atoms with van der Waals surface area (Å²) in [5, 5.41) is 3.48. The Labute approximate surface area is 119 Å². The Morgan fingerprint density at radius 2 is 2.05 bits per heavy atom. The molecule has 4 nitrogen and oxygen atoms in total. The van der Waals surface area contributed by atoms with Crippen molar-refractivity contribution in [2.75, 3.05) is 19.6 Å². The van der Waals surface area contributed by atoms with E-state index >= 15 is 0 Å². The average molecular weight is 268 g/mol. The SMILES string of the molecule is Cc1cnc(CN2CCNCC2c2ccccc2)cn1. The topological polar surface area (TPSA) is 41.1 Å². The smallest absolute Gasteiger partial charge is 0.0727 e. The second-order valence-electron chi connectivity index (χ2n) is 5.25. The van der Waals surface area contributed by atoms with Crippen molar-refractivity contribution in [3.05, 3.63) is 59.7 Å². The van der Waals surface area contributed by atoms with Crippen molar-refractivity contribution in [1.82, 2.24) is 20.2 Å². The van der Waals surface area contributed by atoms with Gasteiger partial charge in [-0.3, -0.25) is 14.9 Å². The number of piperazine rings is 1. The van der Waals surface area contributed by atoms with E-state index in [1.165, 1.54) is 5.56 Å². The first-order valence-corrected chi connectivity index (χ1v) is 7.10. The molecule has 1 aromatic heterocycles. The zero-order chi connectivity index (χ0) is 13.8. The van der Waals surface area contributed by atoms with Crippen LogP contribution in [0.15, 0.2) is 42.7 Å². The van der Waals surface area contributed by atoms with E-state index in [1.807, 2.05) is 19.3 Å². The minimum Gasteiger partial charge on any atom is -0.314 e. The number of nitrogens with zero attached hydrogens (tertiary/aromatic N) is 3. The average Bonchev–Trinajstić information content (AvgIpc) is 2.51. The van der Waals surface area contributed by atoms with E-state index in [9.17, 15) is 0 Å². The third-order valence-corrected chi connectivity index (χ3v) is 3.74. The van der Waals surface area contributed by atoms with E-state index in [-0.39, 0.29) is 0 Å². The van der Waals surface area contributed by atoms with Crippen LogP contribution < -0.4 is 5.32 Å². The van der Waals surface area contributed by atoms with Crippen LogP contribution in [0, 0.1) is 6.92 Å². The number of hydrogen-bond acceptors (Lipinski definition) is 4. The maximum atomic E-state index is 4.48. The van der Waals surface area contributed by atoms with Crippen molar-refractivity contribution in [2.24, 2.45) is 0 Å². The van der Waals surface area contributed by atoms with E-state index in [0.717, 1.165) is 37.6 Å². The van der Waals surface area contributed by atoms with Crippen LogP contribution in [-0.4, -0.2) is 34.5 Å². The summed E-state index contributed by atoms with van der Waals surface area (Å²) in [5.41, 5.74) is 3.37. The summed E-state index contributed by atoms with van der Waals surface area (Å²) < 4.78 is 0. The Balaban J connectivity index is 1.77. The summed E-state index contributed by atoms with van der Waals surface area (Å²) in [6.45, 7) is 5.88. The maximum Gasteiger partial charge on any atom is 0.0727 e. The summed E-state index contributed by atoms with van der Waals surface area (Å²) in [6, 6.07) is 11.1. The highest BCUT2D eigenvalue weighted by atomic mass is 15.2. The van der Waals surface area contributed by atoms with Gasteiger partial charge in [0.1, 0.15) is 0 Å².